The summed E-state index contributed by atoms with van der Waals surface area (Å²) in [6.07, 6.45) is 8.01. The molecule has 1 amide bonds. The number of aromatic nitrogens is 1. The molecule has 1 aromatic heterocycles. The van der Waals surface area contributed by atoms with E-state index in [9.17, 15) is 9.59 Å². The molecule has 1 saturated heterocycles. The van der Waals surface area contributed by atoms with Crippen molar-refractivity contribution in [3.8, 4) is 10.6 Å². The Hall–Kier alpha value is -2.21. The first-order chi connectivity index (χ1) is 14.2. The fourth-order valence-electron chi connectivity index (χ4n) is 4.60. The zero-order valence-corrected chi connectivity index (χ0v) is 17.7. The number of aryl methyl sites for hydroxylation is 1. The number of piperidine rings is 1. The summed E-state index contributed by atoms with van der Waals surface area (Å²) in [5, 5.41) is 2.49. The summed E-state index contributed by atoms with van der Waals surface area (Å²) in [6, 6.07) is 8.52. The summed E-state index contributed by atoms with van der Waals surface area (Å²) in [7, 11) is 0. The van der Waals surface area contributed by atoms with Crippen LogP contribution < -0.4 is 0 Å². The summed E-state index contributed by atoms with van der Waals surface area (Å²) >= 11 is 1.41. The Morgan fingerprint density at radius 3 is 2.69 bits per heavy atom. The number of carbonyl (C=O) groups is 2. The third kappa shape index (κ3) is 4.53. The third-order valence-corrected chi connectivity index (χ3v) is 7.10. The van der Waals surface area contributed by atoms with Gasteiger partial charge in [0, 0.05) is 23.5 Å². The largest absolute Gasteiger partial charge is 0.451 e. The summed E-state index contributed by atoms with van der Waals surface area (Å²) < 4.78 is 5.32. The molecule has 6 heteroatoms. The van der Waals surface area contributed by atoms with Gasteiger partial charge in [0.05, 0.1) is 0 Å². The van der Waals surface area contributed by atoms with Crippen molar-refractivity contribution in [2.45, 2.75) is 57.9 Å². The van der Waals surface area contributed by atoms with Gasteiger partial charge in [-0.05, 0) is 43.6 Å². The van der Waals surface area contributed by atoms with E-state index in [0.717, 1.165) is 36.4 Å². The number of carbonyl (C=O) groups excluding carboxylic acids is 2. The van der Waals surface area contributed by atoms with Crippen molar-refractivity contribution in [2.24, 2.45) is 5.92 Å². The van der Waals surface area contributed by atoms with Crippen LogP contribution in [0.5, 0.6) is 0 Å². The van der Waals surface area contributed by atoms with E-state index in [4.69, 9.17) is 4.74 Å². The van der Waals surface area contributed by atoms with Gasteiger partial charge < -0.3 is 9.64 Å². The smallest absolute Gasteiger partial charge is 0.358 e. The van der Waals surface area contributed by atoms with Crippen LogP contribution in [0.1, 0.15) is 61.5 Å². The number of fused-ring (bicyclic) bond motifs is 1. The summed E-state index contributed by atoms with van der Waals surface area (Å²) in [5.74, 6) is 0.0288. The van der Waals surface area contributed by atoms with Crippen molar-refractivity contribution in [1.82, 2.24) is 9.88 Å². The highest BCUT2D eigenvalue weighted by atomic mass is 32.1. The molecule has 2 fully saturated rings. The Kier molecular flexibility index (Phi) is 6.28. The van der Waals surface area contributed by atoms with Crippen molar-refractivity contribution < 1.29 is 14.3 Å². The van der Waals surface area contributed by atoms with Crippen LogP contribution in [-0.4, -0.2) is 41.0 Å². The van der Waals surface area contributed by atoms with E-state index in [-0.39, 0.29) is 18.2 Å². The lowest BCUT2D eigenvalue weighted by Gasteiger charge is -2.44. The van der Waals surface area contributed by atoms with E-state index >= 15 is 0 Å². The highest BCUT2D eigenvalue weighted by Gasteiger charge is 2.35. The topological polar surface area (TPSA) is 59.5 Å². The van der Waals surface area contributed by atoms with Crippen LogP contribution in [-0.2, 0) is 16.0 Å². The normalized spacial score (nSPS) is 21.5. The second-order valence-electron chi connectivity index (χ2n) is 8.01. The van der Waals surface area contributed by atoms with Gasteiger partial charge in [-0.1, -0.05) is 44.0 Å². The van der Waals surface area contributed by atoms with Crippen LogP contribution in [0.4, 0.5) is 0 Å². The first-order valence-electron chi connectivity index (χ1n) is 10.7. The molecule has 0 spiro atoms. The van der Waals surface area contributed by atoms with E-state index < -0.39 is 5.97 Å². The number of benzene rings is 1. The Morgan fingerprint density at radius 2 is 1.90 bits per heavy atom. The highest BCUT2D eigenvalue weighted by Crippen LogP contribution is 2.35. The predicted molar refractivity (Wildman–Crippen MR) is 114 cm³/mol. The Labute approximate surface area is 176 Å². The number of nitrogens with zero attached hydrogens (tertiary/aromatic N) is 2. The minimum atomic E-state index is -0.525. The molecule has 2 heterocycles. The van der Waals surface area contributed by atoms with E-state index in [2.05, 4.69) is 24.0 Å². The number of rotatable bonds is 5. The second kappa shape index (κ2) is 9.08. The van der Waals surface area contributed by atoms with Gasteiger partial charge in [-0.3, -0.25) is 4.79 Å². The summed E-state index contributed by atoms with van der Waals surface area (Å²) in [5.41, 5.74) is 2.52. The zero-order chi connectivity index (χ0) is 20.2. The van der Waals surface area contributed by atoms with Crippen molar-refractivity contribution in [1.29, 1.82) is 0 Å². The lowest BCUT2D eigenvalue weighted by Crippen LogP contribution is -2.50. The van der Waals surface area contributed by atoms with Gasteiger partial charge in [-0.25, -0.2) is 9.78 Å². The SMILES string of the molecule is CCc1ccc(-c2nc(C(=O)OCC(=O)N3CCC[C@H]4CCCC[C@@H]43)cs2)cc1. The van der Waals surface area contributed by atoms with Crippen molar-refractivity contribution in [3.05, 3.63) is 40.9 Å². The summed E-state index contributed by atoms with van der Waals surface area (Å²) in [4.78, 5) is 31.5. The number of hydrogen-bond acceptors (Lipinski definition) is 5. The Bertz CT molecular complexity index is 859. The van der Waals surface area contributed by atoms with E-state index in [1.54, 1.807) is 5.38 Å². The predicted octanol–water partition coefficient (Wildman–Crippen LogP) is 4.71. The maximum Gasteiger partial charge on any atom is 0.358 e. The van der Waals surface area contributed by atoms with E-state index in [1.165, 1.54) is 42.6 Å². The summed E-state index contributed by atoms with van der Waals surface area (Å²) in [6.45, 7) is 2.71. The van der Waals surface area contributed by atoms with Crippen molar-refractivity contribution >= 4 is 23.2 Å². The second-order valence-corrected chi connectivity index (χ2v) is 8.86. The number of amides is 1. The average molecular weight is 413 g/mol. The molecule has 0 radical (unpaired) electrons. The van der Waals surface area contributed by atoms with Gasteiger partial charge in [0.1, 0.15) is 5.01 Å². The van der Waals surface area contributed by atoms with Gasteiger partial charge in [-0.2, -0.15) is 0 Å². The number of ether oxygens (including phenoxy) is 1. The minimum absolute atomic E-state index is 0.0689. The maximum atomic E-state index is 12.7. The Balaban J connectivity index is 1.34. The molecule has 1 aliphatic heterocycles. The number of likely N-dealkylation sites (tertiary alicyclic amines) is 1. The maximum absolute atomic E-state index is 12.7. The van der Waals surface area contributed by atoms with Crippen LogP contribution in [0.15, 0.2) is 29.6 Å². The highest BCUT2D eigenvalue weighted by molar-refractivity contribution is 7.13. The molecule has 5 nitrogen and oxygen atoms in total. The van der Waals surface area contributed by atoms with Gasteiger partial charge >= 0.3 is 5.97 Å². The van der Waals surface area contributed by atoms with Crippen LogP contribution in [0.25, 0.3) is 10.6 Å². The number of thiazole rings is 1. The quantitative estimate of drug-likeness (QED) is 0.667. The molecular formula is C23H28N2O3S. The van der Waals surface area contributed by atoms with Crippen LogP contribution in [0.2, 0.25) is 0 Å². The molecule has 2 aliphatic rings. The number of hydrogen-bond donors (Lipinski definition) is 0. The van der Waals surface area contributed by atoms with E-state index in [0.29, 0.717) is 12.0 Å². The minimum Gasteiger partial charge on any atom is -0.451 e. The zero-order valence-electron chi connectivity index (χ0n) is 16.9. The standard InChI is InChI=1S/C23H28N2O3S/c1-2-16-9-11-18(12-10-16)22-24-19(15-29-22)23(27)28-14-21(26)25-13-5-7-17-6-3-4-8-20(17)25/h9-12,15,17,20H,2-8,13-14H2,1H3/t17-,20+/m1/s1. The molecule has 2 aromatic rings. The molecule has 1 saturated carbocycles. The average Bonchev–Trinajstić information content (AvgIpc) is 3.27. The molecule has 29 heavy (non-hydrogen) atoms. The van der Waals surface area contributed by atoms with Gasteiger partial charge in [0.15, 0.2) is 12.3 Å². The molecule has 154 valence electrons. The third-order valence-electron chi connectivity index (χ3n) is 6.21. The monoisotopic (exact) mass is 412 g/mol. The molecule has 0 N–H and O–H groups in total. The van der Waals surface area contributed by atoms with Gasteiger partial charge in [0.25, 0.3) is 5.91 Å². The van der Waals surface area contributed by atoms with Crippen LogP contribution in [0.3, 0.4) is 0 Å². The first kappa shape index (κ1) is 20.1. The Morgan fingerprint density at radius 1 is 1.14 bits per heavy atom. The number of esters is 1. The molecule has 1 aliphatic carbocycles. The molecule has 0 unspecified atom stereocenters. The van der Waals surface area contributed by atoms with Crippen LogP contribution in [0, 0.1) is 5.92 Å². The molecule has 0 bridgehead atoms. The first-order valence-corrected chi connectivity index (χ1v) is 11.5. The lowest BCUT2D eigenvalue weighted by atomic mass is 9.78. The fraction of sp³-hybridized carbons (Fsp3) is 0.522. The molecule has 2 atom stereocenters. The molecular weight excluding hydrogens is 384 g/mol. The lowest BCUT2D eigenvalue weighted by molar-refractivity contribution is -0.140. The van der Waals surface area contributed by atoms with Crippen LogP contribution >= 0.6 is 11.3 Å². The van der Waals surface area contributed by atoms with Crippen molar-refractivity contribution in [3.63, 3.8) is 0 Å². The van der Waals surface area contributed by atoms with Gasteiger partial charge in [-0.15, -0.1) is 11.3 Å². The fourth-order valence-corrected chi connectivity index (χ4v) is 5.40. The van der Waals surface area contributed by atoms with Crippen molar-refractivity contribution in [2.75, 3.05) is 13.2 Å². The molecule has 1 aromatic carbocycles. The van der Waals surface area contributed by atoms with Gasteiger partial charge in [0.2, 0.25) is 0 Å². The molecule has 4 rings (SSSR count). The van der Waals surface area contributed by atoms with E-state index in [1.807, 2.05) is 17.0 Å².